The predicted molar refractivity (Wildman–Crippen MR) is 161 cm³/mol. The minimum Gasteiger partial charge on any atom is -0.508 e. The molecule has 6 heteroatoms. The second-order valence-corrected chi connectivity index (χ2v) is 10.6. The first kappa shape index (κ1) is 30.1. The van der Waals surface area contributed by atoms with Crippen molar-refractivity contribution in [2.45, 2.75) is 103 Å². The molecule has 0 aliphatic carbocycles. The number of benzene rings is 2. The highest BCUT2D eigenvalue weighted by Crippen LogP contribution is 2.36. The Morgan fingerprint density at radius 3 is 1.79 bits per heavy atom. The second kappa shape index (κ2) is 15.9. The minimum absolute atomic E-state index is 0.0611. The van der Waals surface area contributed by atoms with Gasteiger partial charge in [-0.2, -0.15) is 0 Å². The molecule has 0 saturated heterocycles. The first-order valence-electron chi connectivity index (χ1n) is 14.7. The number of aromatic hydroxyl groups is 4. The van der Waals surface area contributed by atoms with Crippen molar-refractivity contribution >= 4 is 17.1 Å². The van der Waals surface area contributed by atoms with E-state index in [0.717, 1.165) is 25.3 Å². The van der Waals surface area contributed by atoms with Crippen molar-refractivity contribution in [3.05, 3.63) is 52.7 Å². The normalized spacial score (nSPS) is 11.6. The summed E-state index contributed by atoms with van der Waals surface area (Å²) in [6.07, 6.45) is 22.8. The quantitative estimate of drug-likeness (QED) is 0.129. The zero-order valence-electron chi connectivity index (χ0n) is 23.4. The van der Waals surface area contributed by atoms with E-state index in [1.807, 2.05) is 6.08 Å². The first-order chi connectivity index (χ1) is 18.9. The maximum absolute atomic E-state index is 12.9. The Hall–Kier alpha value is -3.41. The number of hydrogen-bond acceptors (Lipinski definition) is 5. The number of allylic oxidation sites excluding steroid dienone is 1. The highest BCUT2D eigenvalue weighted by Gasteiger charge is 2.20. The van der Waals surface area contributed by atoms with E-state index in [2.05, 4.69) is 6.92 Å². The van der Waals surface area contributed by atoms with Crippen LogP contribution in [0.4, 0.5) is 0 Å². The van der Waals surface area contributed by atoms with Gasteiger partial charge in [0.1, 0.15) is 17.2 Å². The molecule has 1 aromatic heterocycles. The van der Waals surface area contributed by atoms with Crippen molar-refractivity contribution < 1.29 is 20.4 Å². The minimum atomic E-state index is -0.720. The number of phenols is 3. The molecule has 0 radical (unpaired) electrons. The van der Waals surface area contributed by atoms with Gasteiger partial charge in [-0.15, -0.1) is 0 Å². The maximum atomic E-state index is 12.9. The van der Waals surface area contributed by atoms with Gasteiger partial charge in [0.25, 0.3) is 0 Å². The molecule has 2 aromatic carbocycles. The molecule has 0 unspecified atom stereocenters. The lowest BCUT2D eigenvalue weighted by molar-refractivity contribution is 0.451. The van der Waals surface area contributed by atoms with E-state index < -0.39 is 16.9 Å². The van der Waals surface area contributed by atoms with Crippen LogP contribution in [0.1, 0.15) is 103 Å². The average molecular weight is 536 g/mol. The number of fused-ring (bicyclic) bond motifs is 1. The summed E-state index contributed by atoms with van der Waals surface area (Å²) in [7, 11) is 0. The number of unbranched alkanes of at least 4 members (excludes halogenated alkanes) is 14. The van der Waals surface area contributed by atoms with Gasteiger partial charge < -0.3 is 25.0 Å². The van der Waals surface area contributed by atoms with Crippen LogP contribution in [0.3, 0.4) is 0 Å². The van der Waals surface area contributed by atoms with Crippen LogP contribution in [0.15, 0.2) is 47.3 Å². The molecule has 212 valence electrons. The van der Waals surface area contributed by atoms with Gasteiger partial charge in [0.15, 0.2) is 5.75 Å². The predicted octanol–water partition coefficient (Wildman–Crippen LogP) is 8.83. The van der Waals surface area contributed by atoms with Crippen molar-refractivity contribution in [1.82, 2.24) is 4.57 Å². The SMILES string of the molecule is CCCCCCCCCCCCCCCCC=Cn1c(-c2ccc(O)cc2)c(O)c(=O)c2c(O)cc(O)cc21. The lowest BCUT2D eigenvalue weighted by atomic mass is 10.0. The van der Waals surface area contributed by atoms with E-state index in [-0.39, 0.29) is 28.1 Å². The molecule has 0 saturated carbocycles. The maximum Gasteiger partial charge on any atom is 0.235 e. The Balaban J connectivity index is 1.54. The van der Waals surface area contributed by atoms with Crippen molar-refractivity contribution in [2.24, 2.45) is 0 Å². The number of pyridine rings is 1. The Labute approximate surface area is 232 Å². The van der Waals surface area contributed by atoms with Crippen LogP contribution < -0.4 is 5.43 Å². The molecular weight excluding hydrogens is 490 g/mol. The molecule has 3 rings (SSSR count). The molecule has 1 heterocycles. The fourth-order valence-corrected chi connectivity index (χ4v) is 5.17. The second-order valence-electron chi connectivity index (χ2n) is 10.6. The van der Waals surface area contributed by atoms with Crippen molar-refractivity contribution in [3.63, 3.8) is 0 Å². The van der Waals surface area contributed by atoms with Gasteiger partial charge in [0, 0.05) is 23.9 Å². The van der Waals surface area contributed by atoms with E-state index >= 15 is 0 Å². The molecule has 0 fully saturated rings. The fraction of sp³-hybridized carbons (Fsp3) is 0.485. The van der Waals surface area contributed by atoms with E-state index in [1.165, 1.54) is 95.2 Å². The summed E-state index contributed by atoms with van der Waals surface area (Å²) < 4.78 is 1.61. The molecule has 0 atom stereocenters. The molecule has 0 spiro atoms. The van der Waals surface area contributed by atoms with Gasteiger partial charge >= 0.3 is 0 Å². The molecule has 6 nitrogen and oxygen atoms in total. The van der Waals surface area contributed by atoms with Crippen LogP contribution in [-0.2, 0) is 0 Å². The number of aromatic nitrogens is 1. The van der Waals surface area contributed by atoms with Crippen molar-refractivity contribution in [1.29, 1.82) is 0 Å². The van der Waals surface area contributed by atoms with Gasteiger partial charge in [-0.3, -0.25) is 4.79 Å². The molecule has 0 aliphatic rings. The van der Waals surface area contributed by atoms with Gasteiger partial charge in [-0.05, 0) is 37.1 Å². The summed E-state index contributed by atoms with van der Waals surface area (Å²) >= 11 is 0. The number of rotatable bonds is 17. The van der Waals surface area contributed by atoms with Crippen LogP contribution in [0.5, 0.6) is 23.0 Å². The summed E-state index contributed by atoms with van der Waals surface area (Å²) in [4.78, 5) is 12.9. The lowest BCUT2D eigenvalue weighted by Crippen LogP contribution is -2.10. The van der Waals surface area contributed by atoms with E-state index in [9.17, 15) is 25.2 Å². The van der Waals surface area contributed by atoms with E-state index in [1.54, 1.807) is 22.9 Å². The largest absolute Gasteiger partial charge is 0.508 e. The average Bonchev–Trinajstić information content (AvgIpc) is 2.91. The fourth-order valence-electron chi connectivity index (χ4n) is 5.17. The summed E-state index contributed by atoms with van der Waals surface area (Å²) in [5.74, 6) is -1.01. The molecule has 39 heavy (non-hydrogen) atoms. The van der Waals surface area contributed by atoms with Crippen LogP contribution in [0.25, 0.3) is 28.4 Å². The molecule has 0 bridgehead atoms. The summed E-state index contributed by atoms with van der Waals surface area (Å²) in [6.45, 7) is 2.26. The van der Waals surface area contributed by atoms with E-state index in [0.29, 0.717) is 5.56 Å². The van der Waals surface area contributed by atoms with Gasteiger partial charge in [-0.1, -0.05) is 96.5 Å². The highest BCUT2D eigenvalue weighted by molar-refractivity contribution is 5.93. The third kappa shape index (κ3) is 8.81. The zero-order chi connectivity index (χ0) is 28.0. The smallest absolute Gasteiger partial charge is 0.235 e. The topological polar surface area (TPSA) is 103 Å². The van der Waals surface area contributed by atoms with Crippen LogP contribution >= 0.6 is 0 Å². The third-order valence-corrected chi connectivity index (χ3v) is 7.37. The number of hydrogen-bond donors (Lipinski definition) is 4. The number of phenolic OH excluding ortho intramolecular Hbond substituents is 3. The van der Waals surface area contributed by atoms with Crippen molar-refractivity contribution in [2.75, 3.05) is 0 Å². The van der Waals surface area contributed by atoms with E-state index in [4.69, 9.17) is 0 Å². The highest BCUT2D eigenvalue weighted by atomic mass is 16.3. The van der Waals surface area contributed by atoms with Crippen LogP contribution in [0, 0.1) is 0 Å². The summed E-state index contributed by atoms with van der Waals surface area (Å²) in [5.41, 5.74) is 0.320. The number of nitrogens with zero attached hydrogens (tertiary/aromatic N) is 1. The van der Waals surface area contributed by atoms with Gasteiger partial charge in [0.05, 0.1) is 16.6 Å². The Morgan fingerprint density at radius 2 is 1.23 bits per heavy atom. The molecule has 0 amide bonds. The Bertz CT molecular complexity index is 1260. The molecule has 0 aliphatic heterocycles. The Morgan fingerprint density at radius 1 is 0.692 bits per heavy atom. The van der Waals surface area contributed by atoms with Crippen LogP contribution in [0.2, 0.25) is 0 Å². The monoisotopic (exact) mass is 535 g/mol. The molecule has 3 aromatic rings. The summed E-state index contributed by atoms with van der Waals surface area (Å²) in [5, 5.41) is 40.9. The van der Waals surface area contributed by atoms with Crippen LogP contribution in [-0.4, -0.2) is 25.0 Å². The van der Waals surface area contributed by atoms with Gasteiger partial charge in [-0.25, -0.2) is 0 Å². The zero-order valence-corrected chi connectivity index (χ0v) is 23.4. The molecular formula is C33H45NO5. The standard InChI is InChI=1S/C33H45NO5/c1-2-3-4-5-6-7-8-9-10-11-12-13-14-15-16-17-22-34-28-23-27(36)24-29(37)30(28)32(38)33(39)31(34)25-18-20-26(35)21-19-25/h17-24,35-37,39H,2-16H2,1H3. The Kier molecular flexibility index (Phi) is 12.3. The lowest BCUT2D eigenvalue weighted by Gasteiger charge is -2.16. The molecule has 4 N–H and O–H groups in total. The first-order valence-corrected chi connectivity index (χ1v) is 14.7. The summed E-state index contributed by atoms with van der Waals surface area (Å²) in [6, 6.07) is 8.66. The third-order valence-electron chi connectivity index (χ3n) is 7.37. The van der Waals surface area contributed by atoms with Gasteiger partial charge in [0.2, 0.25) is 5.43 Å². The van der Waals surface area contributed by atoms with Crippen molar-refractivity contribution in [3.8, 4) is 34.3 Å².